The van der Waals surface area contributed by atoms with Crippen molar-refractivity contribution in [2.45, 2.75) is 35.3 Å². The van der Waals surface area contributed by atoms with Gasteiger partial charge in [0.05, 0.1) is 33.4 Å². The Morgan fingerprint density at radius 3 is 2.45 bits per heavy atom. The molecule has 0 spiro atoms. The molecule has 0 amide bonds. The van der Waals surface area contributed by atoms with Gasteiger partial charge in [-0.25, -0.2) is 8.42 Å². The van der Waals surface area contributed by atoms with Gasteiger partial charge in [-0.3, -0.25) is 9.78 Å². The molecule has 0 bridgehead atoms. The van der Waals surface area contributed by atoms with E-state index < -0.39 is 49.7 Å². The van der Waals surface area contributed by atoms with Gasteiger partial charge in [0.2, 0.25) is 0 Å². The molecule has 1 heterocycles. The van der Waals surface area contributed by atoms with E-state index in [9.17, 15) is 31.5 Å². The second kappa shape index (κ2) is 7.75. The van der Waals surface area contributed by atoms with Gasteiger partial charge in [0, 0.05) is 18.9 Å². The maximum absolute atomic E-state index is 13.7. The highest BCUT2D eigenvalue weighted by molar-refractivity contribution is 7.92. The second-order valence-corrected chi connectivity index (χ2v) is 8.98. The molecule has 29 heavy (non-hydrogen) atoms. The number of pyridine rings is 1. The zero-order valence-electron chi connectivity index (χ0n) is 15.3. The van der Waals surface area contributed by atoms with Crippen molar-refractivity contribution in [2.75, 3.05) is 7.11 Å². The zero-order chi connectivity index (χ0) is 21.4. The number of rotatable bonds is 5. The van der Waals surface area contributed by atoms with Gasteiger partial charge in [0.15, 0.2) is 9.84 Å². The Balaban J connectivity index is 2.06. The van der Waals surface area contributed by atoms with Gasteiger partial charge in [-0.1, -0.05) is 12.1 Å². The largest absolute Gasteiger partial charge is 0.481 e. The van der Waals surface area contributed by atoms with Crippen LogP contribution in [0.2, 0.25) is 0 Å². The van der Waals surface area contributed by atoms with Crippen molar-refractivity contribution in [3.63, 3.8) is 0 Å². The lowest BCUT2D eigenvalue weighted by Crippen LogP contribution is -2.24. The van der Waals surface area contributed by atoms with Crippen LogP contribution in [0.3, 0.4) is 0 Å². The van der Waals surface area contributed by atoms with Crippen LogP contribution < -0.4 is 0 Å². The van der Waals surface area contributed by atoms with E-state index in [1.807, 2.05) is 0 Å². The molecule has 1 aliphatic carbocycles. The number of halogens is 3. The molecule has 1 N–H and O–H groups in total. The first-order chi connectivity index (χ1) is 13.6. The molecule has 6 nitrogen and oxygen atoms in total. The molecule has 3 rings (SSSR count). The van der Waals surface area contributed by atoms with Gasteiger partial charge >= 0.3 is 12.1 Å². The molecule has 10 heteroatoms. The first kappa shape index (κ1) is 21.3. The van der Waals surface area contributed by atoms with Gasteiger partial charge in [-0.05, 0) is 37.1 Å². The predicted octanol–water partition coefficient (Wildman–Crippen LogP) is 3.42. The summed E-state index contributed by atoms with van der Waals surface area (Å²) in [6, 6.07) is 7.67. The number of hydrogen-bond acceptors (Lipinski definition) is 5. The van der Waals surface area contributed by atoms with Crippen LogP contribution in [-0.2, 0) is 25.5 Å². The number of benzene rings is 1. The van der Waals surface area contributed by atoms with Crippen molar-refractivity contribution in [2.24, 2.45) is 5.92 Å². The third kappa shape index (κ3) is 4.13. The summed E-state index contributed by atoms with van der Waals surface area (Å²) >= 11 is 0. The molecule has 1 fully saturated rings. The van der Waals surface area contributed by atoms with Crippen molar-refractivity contribution in [3.05, 3.63) is 48.2 Å². The first-order valence-corrected chi connectivity index (χ1v) is 10.2. The quantitative estimate of drug-likeness (QED) is 0.783. The van der Waals surface area contributed by atoms with E-state index in [2.05, 4.69) is 4.98 Å². The number of alkyl halides is 3. The first-order valence-electron chi connectivity index (χ1n) is 8.68. The molecule has 1 aromatic heterocycles. The topological polar surface area (TPSA) is 93.6 Å². The minimum atomic E-state index is -4.92. The van der Waals surface area contributed by atoms with E-state index in [4.69, 9.17) is 4.74 Å². The summed E-state index contributed by atoms with van der Waals surface area (Å²) < 4.78 is 72.2. The summed E-state index contributed by atoms with van der Waals surface area (Å²) in [5, 5.41) is 7.97. The van der Waals surface area contributed by atoms with Crippen molar-refractivity contribution < 1.29 is 36.2 Å². The van der Waals surface area contributed by atoms with E-state index in [-0.39, 0.29) is 24.1 Å². The van der Waals surface area contributed by atoms with Crippen LogP contribution in [0.25, 0.3) is 11.3 Å². The Bertz CT molecular complexity index is 1010. The van der Waals surface area contributed by atoms with E-state index in [1.165, 1.54) is 25.4 Å². The number of hydrogen-bond donors (Lipinski definition) is 1. The number of carboxylic acid groups (broad SMARTS) is 1. The summed E-state index contributed by atoms with van der Waals surface area (Å²) in [7, 11) is -3.20. The van der Waals surface area contributed by atoms with Crippen LogP contribution in [0.5, 0.6) is 0 Å². The highest BCUT2D eigenvalue weighted by Crippen LogP contribution is 2.41. The number of carbonyl (C=O) groups is 1. The molecule has 0 aliphatic heterocycles. The molecule has 1 aromatic carbocycles. The number of sulfone groups is 1. The molecule has 0 saturated heterocycles. The van der Waals surface area contributed by atoms with Gasteiger partial charge in [-0.2, -0.15) is 13.2 Å². The predicted molar refractivity (Wildman–Crippen MR) is 96.8 cm³/mol. The van der Waals surface area contributed by atoms with Crippen molar-refractivity contribution in [1.82, 2.24) is 4.98 Å². The normalized spacial score (nSPS) is 22.6. The van der Waals surface area contributed by atoms with Crippen molar-refractivity contribution >= 4 is 15.8 Å². The highest BCUT2D eigenvalue weighted by atomic mass is 32.2. The van der Waals surface area contributed by atoms with Crippen molar-refractivity contribution in [3.8, 4) is 11.3 Å². The van der Waals surface area contributed by atoms with Crippen LogP contribution in [0.1, 0.15) is 18.4 Å². The molecule has 0 radical (unpaired) electrons. The molecule has 156 valence electrons. The minimum absolute atomic E-state index is 0.126. The van der Waals surface area contributed by atoms with Crippen LogP contribution in [-0.4, -0.2) is 42.9 Å². The molecule has 1 saturated carbocycles. The number of aliphatic carboxylic acids is 1. The van der Waals surface area contributed by atoms with Crippen LogP contribution in [0.15, 0.2) is 47.5 Å². The SMILES string of the molecule is CO[C@H]1C[C@@H](S(=O)(=O)c2ccc(-c3ccccn3)cc2C(F)(F)F)C[C@@H]1C(=O)O. The summed E-state index contributed by atoms with van der Waals surface area (Å²) in [5.74, 6) is -2.34. The summed E-state index contributed by atoms with van der Waals surface area (Å²) in [6.45, 7) is 0. The number of carboxylic acids is 1. The van der Waals surface area contributed by atoms with Crippen LogP contribution in [0.4, 0.5) is 13.2 Å². The lowest BCUT2D eigenvalue weighted by Gasteiger charge is -2.18. The molecule has 1 aliphatic rings. The fourth-order valence-electron chi connectivity index (χ4n) is 3.60. The lowest BCUT2D eigenvalue weighted by atomic mass is 10.1. The minimum Gasteiger partial charge on any atom is -0.481 e. The summed E-state index contributed by atoms with van der Waals surface area (Å²) in [4.78, 5) is 14.5. The Hall–Kier alpha value is -2.46. The van der Waals surface area contributed by atoms with Gasteiger partial charge < -0.3 is 9.84 Å². The van der Waals surface area contributed by atoms with E-state index in [1.54, 1.807) is 12.1 Å². The highest BCUT2D eigenvalue weighted by Gasteiger charge is 2.47. The number of ether oxygens (including phenoxy) is 1. The molecular weight excluding hydrogens is 411 g/mol. The Morgan fingerprint density at radius 2 is 1.93 bits per heavy atom. The average Bonchev–Trinajstić information content (AvgIpc) is 3.13. The number of methoxy groups -OCH3 is 1. The fraction of sp³-hybridized carbons (Fsp3) is 0.368. The molecular formula is C19H18F3NO5S. The maximum Gasteiger partial charge on any atom is 0.417 e. The Morgan fingerprint density at radius 1 is 1.21 bits per heavy atom. The third-order valence-electron chi connectivity index (χ3n) is 5.07. The Labute approximate surface area is 165 Å². The number of aromatic nitrogens is 1. The molecule has 0 unspecified atom stereocenters. The standard InChI is InChI=1S/C19H18F3NO5S/c1-28-16-10-12(9-13(16)18(24)25)29(26,27)17-6-5-11(8-14(17)19(20,21)22)15-4-2-3-7-23-15/h2-8,12-13,16H,9-10H2,1H3,(H,24,25)/t12-,13-,16-/m0/s1. The maximum atomic E-state index is 13.7. The summed E-state index contributed by atoms with van der Waals surface area (Å²) in [5.41, 5.74) is -0.900. The van der Waals surface area contributed by atoms with Crippen LogP contribution in [0, 0.1) is 5.92 Å². The molecule has 2 aromatic rings. The average molecular weight is 429 g/mol. The zero-order valence-corrected chi connectivity index (χ0v) is 16.1. The van der Waals surface area contributed by atoms with E-state index in [0.717, 1.165) is 12.1 Å². The summed E-state index contributed by atoms with van der Waals surface area (Å²) in [6.07, 6.45) is -4.87. The van der Waals surface area contributed by atoms with Crippen molar-refractivity contribution in [1.29, 1.82) is 0 Å². The lowest BCUT2D eigenvalue weighted by molar-refractivity contribution is -0.145. The van der Waals surface area contributed by atoms with E-state index in [0.29, 0.717) is 0 Å². The molecule has 3 atom stereocenters. The fourth-order valence-corrected chi connectivity index (χ4v) is 5.60. The second-order valence-electron chi connectivity index (χ2n) is 6.78. The third-order valence-corrected chi connectivity index (χ3v) is 7.30. The van der Waals surface area contributed by atoms with Crippen LogP contribution >= 0.6 is 0 Å². The van der Waals surface area contributed by atoms with Gasteiger partial charge in [0.25, 0.3) is 0 Å². The number of nitrogens with zero attached hydrogens (tertiary/aromatic N) is 1. The van der Waals surface area contributed by atoms with Gasteiger partial charge in [0.1, 0.15) is 0 Å². The van der Waals surface area contributed by atoms with Gasteiger partial charge in [-0.15, -0.1) is 0 Å². The monoisotopic (exact) mass is 429 g/mol. The Kier molecular flexibility index (Phi) is 5.68. The van der Waals surface area contributed by atoms with E-state index >= 15 is 0 Å². The smallest absolute Gasteiger partial charge is 0.417 e.